The highest BCUT2D eigenvalue weighted by atomic mass is 15.1. The predicted octanol–water partition coefficient (Wildman–Crippen LogP) is 4.52. The number of fused-ring (bicyclic) bond motifs is 2. The predicted molar refractivity (Wildman–Crippen MR) is 100 cm³/mol. The smallest absolute Gasteiger partial charge is 0.137 e. The van der Waals surface area contributed by atoms with Gasteiger partial charge in [0, 0.05) is 18.3 Å². The fraction of sp³-hybridized carbons (Fsp3) is 0.190. The Labute approximate surface area is 142 Å². The highest BCUT2D eigenvalue weighted by molar-refractivity contribution is 5.87. The molecule has 0 fully saturated rings. The first-order chi connectivity index (χ1) is 11.6. The molecular weight excluding hydrogens is 294 g/mol. The van der Waals surface area contributed by atoms with Gasteiger partial charge in [-0.05, 0) is 55.6 Å². The second-order valence-corrected chi connectivity index (χ2v) is 6.64. The van der Waals surface area contributed by atoms with E-state index in [0.717, 1.165) is 17.9 Å². The third-order valence-electron chi connectivity index (χ3n) is 4.37. The summed E-state index contributed by atoms with van der Waals surface area (Å²) in [5, 5.41) is 2.51. The molecule has 2 aromatic heterocycles. The molecule has 0 bridgehead atoms. The maximum absolute atomic E-state index is 4.94. The molecule has 3 heteroatoms. The van der Waals surface area contributed by atoms with Crippen LogP contribution in [0.2, 0.25) is 0 Å². The molecule has 0 saturated heterocycles. The molecule has 0 N–H and O–H groups in total. The van der Waals surface area contributed by atoms with Crippen molar-refractivity contribution in [2.24, 2.45) is 0 Å². The van der Waals surface area contributed by atoms with Gasteiger partial charge in [0.2, 0.25) is 0 Å². The summed E-state index contributed by atoms with van der Waals surface area (Å²) in [6, 6.07) is 19.3. The van der Waals surface area contributed by atoms with E-state index in [1.165, 1.54) is 27.6 Å². The van der Waals surface area contributed by atoms with Crippen molar-refractivity contribution in [2.45, 2.75) is 13.5 Å². The minimum atomic E-state index is 0.854. The van der Waals surface area contributed by atoms with Crippen LogP contribution in [-0.4, -0.2) is 28.4 Å². The number of benzene rings is 2. The molecule has 0 aliphatic rings. The summed E-state index contributed by atoms with van der Waals surface area (Å²) in [4.78, 5) is 7.13. The SMILES string of the molecule is Cc1ccn2c(CN(C)C)c(-c3ccc4ccccc4c3)nc2c1. The molecule has 0 radical (unpaired) electrons. The first-order valence-electron chi connectivity index (χ1n) is 8.23. The number of imidazole rings is 1. The molecule has 4 rings (SSSR count). The molecule has 0 amide bonds. The molecule has 0 aliphatic heterocycles. The van der Waals surface area contributed by atoms with Gasteiger partial charge in [-0.2, -0.15) is 0 Å². The van der Waals surface area contributed by atoms with Crippen LogP contribution in [0, 0.1) is 6.92 Å². The van der Waals surface area contributed by atoms with E-state index in [0.29, 0.717) is 0 Å². The van der Waals surface area contributed by atoms with Gasteiger partial charge in [-0.1, -0.05) is 36.4 Å². The van der Waals surface area contributed by atoms with Crippen LogP contribution < -0.4 is 0 Å². The van der Waals surface area contributed by atoms with Crippen LogP contribution >= 0.6 is 0 Å². The minimum absolute atomic E-state index is 0.854. The molecular formula is C21H21N3. The fourth-order valence-corrected chi connectivity index (χ4v) is 3.22. The standard InChI is InChI=1S/C21H21N3/c1-15-10-11-24-19(14-23(2)3)21(22-20(24)12-15)18-9-8-16-6-4-5-7-17(16)13-18/h4-13H,14H2,1-3H3. The third-order valence-corrected chi connectivity index (χ3v) is 4.37. The van der Waals surface area contributed by atoms with Crippen LogP contribution in [0.15, 0.2) is 60.8 Å². The van der Waals surface area contributed by atoms with E-state index in [1.807, 2.05) is 0 Å². The van der Waals surface area contributed by atoms with Crippen molar-refractivity contribution in [3.63, 3.8) is 0 Å². The van der Waals surface area contributed by atoms with Crippen molar-refractivity contribution in [3.05, 3.63) is 72.1 Å². The molecule has 120 valence electrons. The Morgan fingerprint density at radius 1 is 0.958 bits per heavy atom. The number of hydrogen-bond donors (Lipinski definition) is 0. The zero-order valence-corrected chi connectivity index (χ0v) is 14.3. The van der Waals surface area contributed by atoms with Gasteiger partial charge < -0.3 is 9.30 Å². The molecule has 0 aliphatic carbocycles. The van der Waals surface area contributed by atoms with Crippen LogP contribution in [0.1, 0.15) is 11.3 Å². The van der Waals surface area contributed by atoms with Crippen molar-refractivity contribution in [3.8, 4) is 11.3 Å². The number of rotatable bonds is 3. The van der Waals surface area contributed by atoms with Crippen LogP contribution in [0.5, 0.6) is 0 Å². The molecule has 0 atom stereocenters. The van der Waals surface area contributed by atoms with E-state index in [-0.39, 0.29) is 0 Å². The highest BCUT2D eigenvalue weighted by Crippen LogP contribution is 2.28. The Hall–Kier alpha value is -2.65. The third kappa shape index (κ3) is 2.57. The normalized spacial score (nSPS) is 11.7. The van der Waals surface area contributed by atoms with E-state index in [2.05, 4.69) is 91.1 Å². The van der Waals surface area contributed by atoms with Crippen molar-refractivity contribution in [1.82, 2.24) is 14.3 Å². The van der Waals surface area contributed by atoms with Gasteiger partial charge in [0.1, 0.15) is 5.65 Å². The molecule has 0 unspecified atom stereocenters. The minimum Gasteiger partial charge on any atom is -0.304 e. The van der Waals surface area contributed by atoms with Crippen LogP contribution in [0.4, 0.5) is 0 Å². The average molecular weight is 315 g/mol. The van der Waals surface area contributed by atoms with Gasteiger partial charge in [-0.15, -0.1) is 0 Å². The van der Waals surface area contributed by atoms with Gasteiger partial charge in [0.05, 0.1) is 11.4 Å². The summed E-state index contributed by atoms with van der Waals surface area (Å²) in [7, 11) is 4.19. The van der Waals surface area contributed by atoms with E-state index in [1.54, 1.807) is 0 Å². The largest absolute Gasteiger partial charge is 0.304 e. The number of aryl methyl sites for hydroxylation is 1. The molecule has 0 spiro atoms. The highest BCUT2D eigenvalue weighted by Gasteiger charge is 2.15. The lowest BCUT2D eigenvalue weighted by Gasteiger charge is -2.12. The summed E-state index contributed by atoms with van der Waals surface area (Å²) < 4.78 is 2.21. The van der Waals surface area contributed by atoms with E-state index >= 15 is 0 Å². The van der Waals surface area contributed by atoms with Gasteiger partial charge >= 0.3 is 0 Å². The van der Waals surface area contributed by atoms with Crippen molar-refractivity contribution >= 4 is 16.4 Å². The average Bonchev–Trinajstić information content (AvgIpc) is 2.91. The lowest BCUT2D eigenvalue weighted by atomic mass is 10.0. The maximum atomic E-state index is 4.94. The Morgan fingerprint density at radius 3 is 2.54 bits per heavy atom. The summed E-state index contributed by atoms with van der Waals surface area (Å²) in [5.41, 5.74) is 5.71. The van der Waals surface area contributed by atoms with E-state index < -0.39 is 0 Å². The summed E-state index contributed by atoms with van der Waals surface area (Å²) in [6.45, 7) is 2.96. The zero-order chi connectivity index (χ0) is 16.7. The quantitative estimate of drug-likeness (QED) is 0.554. The lowest BCUT2D eigenvalue weighted by Crippen LogP contribution is -2.13. The number of hydrogen-bond acceptors (Lipinski definition) is 2. The molecule has 2 heterocycles. The second kappa shape index (κ2) is 5.77. The molecule has 3 nitrogen and oxygen atoms in total. The molecule has 0 saturated carbocycles. The van der Waals surface area contributed by atoms with Crippen LogP contribution in [0.25, 0.3) is 27.7 Å². The van der Waals surface area contributed by atoms with E-state index in [9.17, 15) is 0 Å². The Morgan fingerprint density at radius 2 is 1.75 bits per heavy atom. The van der Waals surface area contributed by atoms with Crippen molar-refractivity contribution in [2.75, 3.05) is 14.1 Å². The first kappa shape index (κ1) is 14.9. The van der Waals surface area contributed by atoms with Gasteiger partial charge in [0.15, 0.2) is 0 Å². The first-order valence-corrected chi connectivity index (χ1v) is 8.23. The number of nitrogens with zero attached hydrogens (tertiary/aromatic N) is 3. The van der Waals surface area contributed by atoms with Crippen molar-refractivity contribution < 1.29 is 0 Å². The van der Waals surface area contributed by atoms with Gasteiger partial charge in [-0.3, -0.25) is 0 Å². The van der Waals surface area contributed by atoms with Crippen molar-refractivity contribution in [1.29, 1.82) is 0 Å². The van der Waals surface area contributed by atoms with Gasteiger partial charge in [-0.25, -0.2) is 4.98 Å². The number of aromatic nitrogens is 2. The zero-order valence-electron chi connectivity index (χ0n) is 14.3. The maximum Gasteiger partial charge on any atom is 0.137 e. The Kier molecular flexibility index (Phi) is 3.58. The lowest BCUT2D eigenvalue weighted by molar-refractivity contribution is 0.396. The summed E-state index contributed by atoms with van der Waals surface area (Å²) >= 11 is 0. The number of pyridine rings is 1. The van der Waals surface area contributed by atoms with Crippen LogP contribution in [0.3, 0.4) is 0 Å². The molecule has 4 aromatic rings. The van der Waals surface area contributed by atoms with Crippen LogP contribution in [-0.2, 0) is 6.54 Å². The summed E-state index contributed by atoms with van der Waals surface area (Å²) in [5.74, 6) is 0. The van der Waals surface area contributed by atoms with E-state index in [4.69, 9.17) is 4.98 Å². The molecule has 2 aromatic carbocycles. The Balaban J connectivity index is 1.96. The topological polar surface area (TPSA) is 20.5 Å². The second-order valence-electron chi connectivity index (χ2n) is 6.64. The molecule has 24 heavy (non-hydrogen) atoms. The Bertz CT molecular complexity index is 1030. The summed E-state index contributed by atoms with van der Waals surface area (Å²) in [6.07, 6.45) is 2.13. The fourth-order valence-electron chi connectivity index (χ4n) is 3.22. The monoisotopic (exact) mass is 315 g/mol. The van der Waals surface area contributed by atoms with Gasteiger partial charge in [0.25, 0.3) is 0 Å².